The normalized spacial score (nSPS) is 18.9. The summed E-state index contributed by atoms with van der Waals surface area (Å²) < 4.78 is 32.9. The number of carbonyl (C=O) groups is 1. The second-order valence-corrected chi connectivity index (χ2v) is 11.3. The Morgan fingerprint density at radius 3 is 2.56 bits per heavy atom. The Labute approximate surface area is 212 Å². The van der Waals surface area contributed by atoms with Crippen molar-refractivity contribution in [2.45, 2.75) is 37.5 Å². The number of piperidine rings is 1. The Morgan fingerprint density at radius 2 is 1.81 bits per heavy atom. The molecule has 2 aliphatic heterocycles. The van der Waals surface area contributed by atoms with Crippen LogP contribution in [0.5, 0.6) is 5.75 Å². The number of carbonyl (C=O) groups excluding carboxylic acids is 1. The van der Waals surface area contributed by atoms with Crippen LogP contribution in [0.25, 0.3) is 10.9 Å². The largest absolute Gasteiger partial charge is 0.494 e. The third-order valence-corrected chi connectivity index (χ3v) is 8.79. The number of hydrogen-bond acceptors (Lipinski definition) is 6. The zero-order valence-corrected chi connectivity index (χ0v) is 21.3. The molecule has 0 radical (unpaired) electrons. The zero-order valence-electron chi connectivity index (χ0n) is 20.5. The van der Waals surface area contributed by atoms with Gasteiger partial charge in [-0.05, 0) is 87.2 Å². The molecule has 1 atom stereocenters. The lowest BCUT2D eigenvalue weighted by molar-refractivity contribution is -0.120. The van der Waals surface area contributed by atoms with Crippen molar-refractivity contribution < 1.29 is 17.9 Å². The van der Waals surface area contributed by atoms with E-state index in [1.165, 1.54) is 0 Å². The molecule has 36 heavy (non-hydrogen) atoms. The van der Waals surface area contributed by atoms with Gasteiger partial charge in [-0.15, -0.1) is 0 Å². The SMILES string of the molecule is CCOc1ccc(NC(=O)[C@H]2CCCN(c3ccc4cc(S(=O)(=O)N5CCCC5)ccc4n3)C2)cc1. The van der Waals surface area contributed by atoms with Crippen molar-refractivity contribution >= 4 is 38.3 Å². The summed E-state index contributed by atoms with van der Waals surface area (Å²) in [7, 11) is -3.47. The molecule has 190 valence electrons. The summed E-state index contributed by atoms with van der Waals surface area (Å²) in [6, 6.07) is 16.4. The predicted octanol–water partition coefficient (Wildman–Crippen LogP) is 4.27. The number of nitrogens with one attached hydrogen (secondary N) is 1. The van der Waals surface area contributed by atoms with E-state index in [0.29, 0.717) is 31.1 Å². The van der Waals surface area contributed by atoms with Crippen LogP contribution in [0.2, 0.25) is 0 Å². The Morgan fingerprint density at radius 1 is 1.03 bits per heavy atom. The molecule has 0 unspecified atom stereocenters. The van der Waals surface area contributed by atoms with Gasteiger partial charge < -0.3 is 15.0 Å². The first kappa shape index (κ1) is 24.5. The lowest BCUT2D eigenvalue weighted by Crippen LogP contribution is -2.41. The van der Waals surface area contributed by atoms with E-state index in [9.17, 15) is 13.2 Å². The maximum Gasteiger partial charge on any atom is 0.243 e. The third kappa shape index (κ3) is 5.17. The highest BCUT2D eigenvalue weighted by molar-refractivity contribution is 7.89. The molecule has 8 nitrogen and oxygen atoms in total. The fourth-order valence-electron chi connectivity index (χ4n) is 4.95. The van der Waals surface area contributed by atoms with Gasteiger partial charge in [0.1, 0.15) is 11.6 Å². The molecule has 3 aromatic rings. The lowest BCUT2D eigenvalue weighted by atomic mass is 9.97. The number of hydrogen-bond donors (Lipinski definition) is 1. The first-order chi connectivity index (χ1) is 17.4. The summed E-state index contributed by atoms with van der Waals surface area (Å²) in [5.41, 5.74) is 1.50. The molecule has 0 aliphatic carbocycles. The molecule has 5 rings (SSSR count). The average Bonchev–Trinajstić information content (AvgIpc) is 3.46. The average molecular weight is 509 g/mol. The van der Waals surface area contributed by atoms with Crippen LogP contribution < -0.4 is 15.0 Å². The van der Waals surface area contributed by atoms with Crippen LogP contribution in [0.15, 0.2) is 59.5 Å². The van der Waals surface area contributed by atoms with Crippen LogP contribution in [0.4, 0.5) is 11.5 Å². The van der Waals surface area contributed by atoms with Gasteiger partial charge in [0.25, 0.3) is 0 Å². The molecule has 1 N–H and O–H groups in total. The standard InChI is InChI=1S/C27H32N4O4S/c1-2-35-23-10-8-22(9-11-23)28-27(32)21-6-5-15-30(19-21)26-14-7-20-18-24(12-13-25(20)29-26)36(33,34)31-16-3-4-17-31/h7-14,18,21H,2-6,15-17,19H2,1H3,(H,28,32)/t21-/m0/s1. The molecule has 0 spiro atoms. The van der Waals surface area contributed by atoms with Gasteiger partial charge in [-0.3, -0.25) is 4.79 Å². The molecule has 0 saturated carbocycles. The number of nitrogens with zero attached hydrogens (tertiary/aromatic N) is 3. The summed E-state index contributed by atoms with van der Waals surface area (Å²) in [4.78, 5) is 20.2. The van der Waals surface area contributed by atoms with Crippen molar-refractivity contribution in [3.05, 3.63) is 54.6 Å². The van der Waals surface area contributed by atoms with Gasteiger partial charge in [-0.1, -0.05) is 0 Å². The van der Waals surface area contributed by atoms with Gasteiger partial charge >= 0.3 is 0 Å². The molecule has 2 aliphatic rings. The Hall–Kier alpha value is -3.17. The first-order valence-electron chi connectivity index (χ1n) is 12.6. The highest BCUT2D eigenvalue weighted by Crippen LogP contribution is 2.28. The van der Waals surface area contributed by atoms with E-state index in [0.717, 1.165) is 60.4 Å². The minimum Gasteiger partial charge on any atom is -0.494 e. The number of rotatable bonds is 7. The van der Waals surface area contributed by atoms with E-state index in [2.05, 4.69) is 10.2 Å². The van der Waals surface area contributed by atoms with Crippen molar-refractivity contribution in [1.29, 1.82) is 0 Å². The number of anilines is 2. The molecule has 9 heteroatoms. The number of pyridine rings is 1. The predicted molar refractivity (Wildman–Crippen MR) is 141 cm³/mol. The summed E-state index contributed by atoms with van der Waals surface area (Å²) in [5, 5.41) is 3.82. The Kier molecular flexibility index (Phi) is 7.11. The van der Waals surface area contributed by atoms with Gasteiger partial charge in [0.05, 0.1) is 22.9 Å². The van der Waals surface area contributed by atoms with Crippen LogP contribution in [-0.4, -0.2) is 56.4 Å². The fraction of sp³-hybridized carbons (Fsp3) is 0.407. The van der Waals surface area contributed by atoms with E-state index in [-0.39, 0.29) is 11.8 Å². The molecule has 3 heterocycles. The van der Waals surface area contributed by atoms with Crippen LogP contribution in [-0.2, 0) is 14.8 Å². The van der Waals surface area contributed by atoms with Gasteiger partial charge in [0.15, 0.2) is 0 Å². The number of sulfonamides is 1. The lowest BCUT2D eigenvalue weighted by Gasteiger charge is -2.33. The van der Waals surface area contributed by atoms with Crippen molar-refractivity contribution in [2.24, 2.45) is 5.92 Å². The summed E-state index contributed by atoms with van der Waals surface area (Å²) in [5.74, 6) is 1.44. The zero-order chi connectivity index (χ0) is 25.1. The molecule has 0 bridgehead atoms. The molecular weight excluding hydrogens is 476 g/mol. The number of amides is 1. The van der Waals surface area contributed by atoms with Crippen LogP contribution in [0.1, 0.15) is 32.6 Å². The van der Waals surface area contributed by atoms with Crippen molar-refractivity contribution in [3.63, 3.8) is 0 Å². The number of benzene rings is 2. The smallest absolute Gasteiger partial charge is 0.243 e. The monoisotopic (exact) mass is 508 g/mol. The van der Waals surface area contributed by atoms with Crippen LogP contribution in [0.3, 0.4) is 0 Å². The molecule has 2 aromatic carbocycles. The third-order valence-electron chi connectivity index (χ3n) is 6.90. The van der Waals surface area contributed by atoms with Gasteiger partial charge in [-0.2, -0.15) is 4.31 Å². The second kappa shape index (κ2) is 10.4. The summed E-state index contributed by atoms with van der Waals surface area (Å²) in [6.07, 6.45) is 3.54. The van der Waals surface area contributed by atoms with E-state index in [1.807, 2.05) is 43.3 Å². The Bertz CT molecular complexity index is 1340. The fourth-order valence-corrected chi connectivity index (χ4v) is 6.50. The molecule has 1 aromatic heterocycles. The number of fused-ring (bicyclic) bond motifs is 1. The minimum atomic E-state index is -3.47. The Balaban J connectivity index is 1.27. The highest BCUT2D eigenvalue weighted by Gasteiger charge is 2.28. The molecular formula is C27H32N4O4S. The van der Waals surface area contributed by atoms with Crippen molar-refractivity contribution in [1.82, 2.24) is 9.29 Å². The molecule has 1 amide bonds. The van der Waals surface area contributed by atoms with Gasteiger partial charge in [0, 0.05) is 37.3 Å². The topological polar surface area (TPSA) is 91.8 Å². The molecule has 2 saturated heterocycles. The second-order valence-electron chi connectivity index (χ2n) is 9.37. The quantitative estimate of drug-likeness (QED) is 0.512. The van der Waals surface area contributed by atoms with E-state index in [4.69, 9.17) is 9.72 Å². The van der Waals surface area contributed by atoms with Crippen molar-refractivity contribution in [3.8, 4) is 5.75 Å². The number of aromatic nitrogens is 1. The maximum atomic E-state index is 13.0. The molecule has 2 fully saturated rings. The van der Waals surface area contributed by atoms with Crippen LogP contribution in [0, 0.1) is 5.92 Å². The van der Waals surface area contributed by atoms with Gasteiger partial charge in [-0.25, -0.2) is 13.4 Å². The van der Waals surface area contributed by atoms with E-state index < -0.39 is 10.0 Å². The highest BCUT2D eigenvalue weighted by atomic mass is 32.2. The van der Waals surface area contributed by atoms with Gasteiger partial charge in [0.2, 0.25) is 15.9 Å². The summed E-state index contributed by atoms with van der Waals surface area (Å²) in [6.45, 7) is 5.12. The van der Waals surface area contributed by atoms with E-state index in [1.54, 1.807) is 22.5 Å². The minimum absolute atomic E-state index is 0.00131. The maximum absolute atomic E-state index is 13.0. The van der Waals surface area contributed by atoms with Crippen molar-refractivity contribution in [2.75, 3.05) is 43.0 Å². The van der Waals surface area contributed by atoms with Crippen LogP contribution >= 0.6 is 0 Å². The van der Waals surface area contributed by atoms with E-state index >= 15 is 0 Å². The first-order valence-corrected chi connectivity index (χ1v) is 14.1. The number of ether oxygens (including phenoxy) is 1. The summed E-state index contributed by atoms with van der Waals surface area (Å²) >= 11 is 0.